The van der Waals surface area contributed by atoms with Crippen molar-refractivity contribution < 1.29 is 14.3 Å². The number of guanidine groups is 1. The van der Waals surface area contributed by atoms with E-state index in [1.54, 1.807) is 0 Å². The Kier molecular flexibility index (Phi) is 7.13. The highest BCUT2D eigenvalue weighted by atomic mass is 79.9. The average molecular weight is 268 g/mol. The Labute approximate surface area is 90.8 Å². The van der Waals surface area contributed by atoms with Crippen LogP contribution in [0.25, 0.3) is 0 Å². The average Bonchev–Trinajstić information content (AvgIpc) is 2.11. The molecule has 0 spiro atoms. The lowest BCUT2D eigenvalue weighted by Gasteiger charge is -2.11. The van der Waals surface area contributed by atoms with Crippen molar-refractivity contribution in [3.8, 4) is 0 Å². The summed E-state index contributed by atoms with van der Waals surface area (Å²) in [4.78, 5) is 10.3. The number of nitrogens with two attached hydrogens (primary N) is 1. The number of nitrogens with one attached hydrogen (secondary N) is 2. The largest absolute Gasteiger partial charge is 0.461 e. The van der Waals surface area contributed by atoms with E-state index in [2.05, 4.69) is 21.2 Å². The molecule has 1 unspecified atom stereocenters. The van der Waals surface area contributed by atoms with Crippen molar-refractivity contribution in [2.75, 3.05) is 19.8 Å². The lowest BCUT2D eigenvalue weighted by atomic mass is 10.6. The van der Waals surface area contributed by atoms with Crippen LogP contribution >= 0.6 is 15.9 Å². The first-order valence-corrected chi connectivity index (χ1v) is 4.98. The molecule has 82 valence electrons. The van der Waals surface area contributed by atoms with Crippen LogP contribution in [0.4, 0.5) is 0 Å². The van der Waals surface area contributed by atoms with E-state index in [4.69, 9.17) is 20.6 Å². The number of carbonyl (C=O) groups excluding carboxylic acids is 1. The zero-order valence-electron chi connectivity index (χ0n) is 7.88. The van der Waals surface area contributed by atoms with Crippen LogP contribution in [-0.2, 0) is 14.3 Å². The second-order valence-electron chi connectivity index (χ2n) is 2.28. The van der Waals surface area contributed by atoms with Crippen LogP contribution in [0.5, 0.6) is 0 Å². The summed E-state index contributed by atoms with van der Waals surface area (Å²) in [5.41, 5.74) is 5.02. The highest BCUT2D eigenvalue weighted by molar-refractivity contribution is 9.10. The molecule has 0 heterocycles. The van der Waals surface area contributed by atoms with Crippen LogP contribution in [0.1, 0.15) is 6.92 Å². The van der Waals surface area contributed by atoms with E-state index < -0.39 is 10.9 Å². The van der Waals surface area contributed by atoms with Gasteiger partial charge in [0.15, 0.2) is 10.9 Å². The number of ether oxygens (including phenoxy) is 2. The van der Waals surface area contributed by atoms with Crippen molar-refractivity contribution in [1.29, 1.82) is 5.41 Å². The number of halogens is 1. The molecular formula is C7H14BrN3O3. The maximum absolute atomic E-state index is 11.1. The van der Waals surface area contributed by atoms with Crippen LogP contribution in [0, 0.1) is 5.41 Å². The van der Waals surface area contributed by atoms with Crippen molar-refractivity contribution in [2.24, 2.45) is 5.73 Å². The zero-order valence-corrected chi connectivity index (χ0v) is 9.46. The summed E-state index contributed by atoms with van der Waals surface area (Å²) in [7, 11) is 0. The molecule has 6 nitrogen and oxygen atoms in total. The summed E-state index contributed by atoms with van der Waals surface area (Å²) in [6.45, 7) is 2.99. The van der Waals surface area contributed by atoms with Crippen LogP contribution in [0.2, 0.25) is 0 Å². The molecule has 0 bridgehead atoms. The number of hydrogen-bond donors (Lipinski definition) is 3. The summed E-state index contributed by atoms with van der Waals surface area (Å²) in [5, 5.41) is 9.21. The lowest BCUT2D eigenvalue weighted by Crippen LogP contribution is -2.41. The molecule has 0 rings (SSSR count). The predicted octanol–water partition coefficient (Wildman–Crippen LogP) is -0.230. The lowest BCUT2D eigenvalue weighted by molar-refractivity contribution is -0.144. The fourth-order valence-corrected chi connectivity index (χ4v) is 0.993. The molecule has 7 heteroatoms. The number of carbonyl (C=O) groups is 1. The second-order valence-corrected chi connectivity index (χ2v) is 3.20. The molecular weight excluding hydrogens is 254 g/mol. The van der Waals surface area contributed by atoms with Gasteiger partial charge >= 0.3 is 5.97 Å². The van der Waals surface area contributed by atoms with Gasteiger partial charge in [-0.3, -0.25) is 5.41 Å². The van der Waals surface area contributed by atoms with E-state index in [0.717, 1.165) is 0 Å². The first-order chi connectivity index (χ1) is 6.57. The monoisotopic (exact) mass is 267 g/mol. The molecule has 0 aliphatic heterocycles. The highest BCUT2D eigenvalue weighted by Gasteiger charge is 2.15. The quantitative estimate of drug-likeness (QED) is 0.154. The topological polar surface area (TPSA) is 97.4 Å². The summed E-state index contributed by atoms with van der Waals surface area (Å²) in [5.74, 6) is -0.825. The van der Waals surface area contributed by atoms with Crippen molar-refractivity contribution in [2.45, 2.75) is 11.9 Å². The van der Waals surface area contributed by atoms with Gasteiger partial charge in [-0.1, -0.05) is 15.9 Å². The standard InChI is InChI=1S/C7H14BrN3O3/c1-2-13-3-4-14-6(12)5(8)11-7(9)10/h5H,2-4H2,1H3,(H4,9,10,11). The minimum absolute atomic E-state index is 0.189. The van der Waals surface area contributed by atoms with E-state index in [-0.39, 0.29) is 12.6 Å². The van der Waals surface area contributed by atoms with Gasteiger partial charge in [-0.05, 0) is 6.92 Å². The van der Waals surface area contributed by atoms with Crippen LogP contribution in [-0.4, -0.2) is 36.7 Å². The molecule has 1 atom stereocenters. The third-order valence-electron chi connectivity index (χ3n) is 1.17. The SMILES string of the molecule is CCOCCOC(=O)C(Br)NC(=N)N. The first-order valence-electron chi connectivity index (χ1n) is 4.07. The molecule has 0 fully saturated rings. The fourth-order valence-electron chi connectivity index (χ4n) is 0.614. The Bertz CT molecular complexity index is 201. The molecule has 0 aliphatic carbocycles. The van der Waals surface area contributed by atoms with E-state index in [1.807, 2.05) is 6.92 Å². The number of rotatable bonds is 6. The van der Waals surface area contributed by atoms with Crippen molar-refractivity contribution in [3.63, 3.8) is 0 Å². The molecule has 0 saturated heterocycles. The van der Waals surface area contributed by atoms with Gasteiger partial charge in [-0.25, -0.2) is 4.79 Å². The molecule has 0 aromatic heterocycles. The Morgan fingerprint density at radius 3 is 2.79 bits per heavy atom. The van der Waals surface area contributed by atoms with Crippen LogP contribution in [0.15, 0.2) is 0 Å². The molecule has 0 saturated carbocycles. The maximum Gasteiger partial charge on any atom is 0.339 e. The molecule has 0 amide bonds. The normalized spacial score (nSPS) is 11.9. The summed E-state index contributed by atoms with van der Waals surface area (Å²) < 4.78 is 9.75. The van der Waals surface area contributed by atoms with Gasteiger partial charge in [0.2, 0.25) is 0 Å². The minimum Gasteiger partial charge on any atom is -0.461 e. The van der Waals surface area contributed by atoms with Gasteiger partial charge in [0.05, 0.1) is 6.61 Å². The number of hydrogen-bond acceptors (Lipinski definition) is 4. The number of alkyl halides is 1. The van der Waals surface area contributed by atoms with Gasteiger partial charge in [-0.15, -0.1) is 0 Å². The Balaban J connectivity index is 3.57. The fraction of sp³-hybridized carbons (Fsp3) is 0.714. The zero-order chi connectivity index (χ0) is 11.0. The van der Waals surface area contributed by atoms with Gasteiger partial charge in [0.1, 0.15) is 6.61 Å². The van der Waals surface area contributed by atoms with Crippen LogP contribution < -0.4 is 11.1 Å². The Hall–Kier alpha value is -0.820. The highest BCUT2D eigenvalue weighted by Crippen LogP contribution is 1.97. The van der Waals surface area contributed by atoms with E-state index in [9.17, 15) is 4.79 Å². The Morgan fingerprint density at radius 1 is 1.64 bits per heavy atom. The third-order valence-corrected chi connectivity index (χ3v) is 1.77. The van der Waals surface area contributed by atoms with E-state index in [1.165, 1.54) is 0 Å². The molecule has 0 aromatic rings. The van der Waals surface area contributed by atoms with Crippen molar-refractivity contribution in [3.05, 3.63) is 0 Å². The summed E-state index contributed by atoms with van der Waals surface area (Å²) >= 11 is 2.97. The van der Waals surface area contributed by atoms with Gasteiger partial charge in [-0.2, -0.15) is 0 Å². The first kappa shape index (κ1) is 13.2. The molecule has 0 aliphatic rings. The number of esters is 1. The van der Waals surface area contributed by atoms with Crippen molar-refractivity contribution >= 4 is 27.9 Å². The van der Waals surface area contributed by atoms with E-state index in [0.29, 0.717) is 13.2 Å². The minimum atomic E-state index is -0.790. The summed E-state index contributed by atoms with van der Waals surface area (Å²) in [6, 6.07) is 0. The maximum atomic E-state index is 11.1. The van der Waals surface area contributed by atoms with Gasteiger partial charge in [0.25, 0.3) is 0 Å². The van der Waals surface area contributed by atoms with E-state index >= 15 is 0 Å². The molecule has 14 heavy (non-hydrogen) atoms. The second kappa shape index (κ2) is 7.57. The third kappa shape index (κ3) is 6.67. The van der Waals surface area contributed by atoms with Gasteiger partial charge < -0.3 is 20.5 Å². The van der Waals surface area contributed by atoms with Crippen molar-refractivity contribution in [1.82, 2.24) is 5.32 Å². The molecule has 0 aromatic carbocycles. The van der Waals surface area contributed by atoms with Crippen LogP contribution in [0.3, 0.4) is 0 Å². The molecule has 4 N–H and O–H groups in total. The Morgan fingerprint density at radius 2 is 2.29 bits per heavy atom. The predicted molar refractivity (Wildman–Crippen MR) is 55.2 cm³/mol. The summed E-state index contributed by atoms with van der Waals surface area (Å²) in [6.07, 6.45) is 0. The van der Waals surface area contributed by atoms with Gasteiger partial charge in [0, 0.05) is 6.61 Å². The molecule has 0 radical (unpaired) electrons. The smallest absolute Gasteiger partial charge is 0.339 e.